The molecular formula is C15H25BO3. The lowest BCUT2D eigenvalue weighted by atomic mass is 9.76. The third-order valence-corrected chi connectivity index (χ3v) is 3.85. The van der Waals surface area contributed by atoms with Crippen molar-refractivity contribution in [1.82, 2.24) is 0 Å². The van der Waals surface area contributed by atoms with E-state index in [1.807, 2.05) is 18.2 Å². The van der Waals surface area contributed by atoms with E-state index in [2.05, 4.69) is 34.6 Å². The second kappa shape index (κ2) is 5.87. The predicted molar refractivity (Wildman–Crippen MR) is 80.9 cm³/mol. The molecule has 3 nitrogen and oxygen atoms in total. The number of hydrogen-bond donors (Lipinski definition) is 0. The van der Waals surface area contributed by atoms with Crippen LogP contribution in [0.25, 0.3) is 0 Å². The van der Waals surface area contributed by atoms with Crippen molar-refractivity contribution < 1.29 is 14.1 Å². The largest absolute Gasteiger partial charge is 0.493 e. The van der Waals surface area contributed by atoms with Crippen LogP contribution in [-0.4, -0.2) is 27.3 Å². The first-order valence-electron chi connectivity index (χ1n) is 6.56. The van der Waals surface area contributed by atoms with Gasteiger partial charge >= 0.3 is 7.48 Å². The molecular weight excluding hydrogens is 239 g/mol. The molecule has 0 atom stereocenters. The Hall–Kier alpha value is -1.16. The minimum absolute atomic E-state index is 0.0869. The molecule has 0 aromatic heterocycles. The molecule has 0 aliphatic carbocycles. The number of hydrogen-bond acceptors (Lipinski definition) is 3. The smallest absolute Gasteiger partial charge is 0.309 e. The summed E-state index contributed by atoms with van der Waals surface area (Å²) < 4.78 is 16.6. The van der Waals surface area contributed by atoms with E-state index in [1.165, 1.54) is 0 Å². The zero-order chi connectivity index (χ0) is 14.7. The second-order valence-electron chi connectivity index (χ2n) is 6.24. The number of benzene rings is 1. The maximum absolute atomic E-state index is 6.06. The van der Waals surface area contributed by atoms with Gasteiger partial charge in [0.25, 0.3) is 0 Å². The minimum Gasteiger partial charge on any atom is -0.493 e. The molecule has 0 radical (unpaired) electrons. The highest BCUT2D eigenvalue weighted by atomic mass is 16.5. The summed E-state index contributed by atoms with van der Waals surface area (Å²) in [6.07, 6.45) is 0. The SMILES string of the molecule is COc1ccc(BOC(C)(C)C(C)(C)C)cc1OC. The molecule has 0 fully saturated rings. The molecule has 19 heavy (non-hydrogen) atoms. The van der Waals surface area contributed by atoms with Gasteiger partial charge in [-0.2, -0.15) is 0 Å². The van der Waals surface area contributed by atoms with Crippen LogP contribution in [0.1, 0.15) is 34.6 Å². The van der Waals surface area contributed by atoms with Crippen molar-refractivity contribution in [3.05, 3.63) is 18.2 Å². The molecule has 0 unspecified atom stereocenters. The van der Waals surface area contributed by atoms with Crippen LogP contribution < -0.4 is 14.9 Å². The van der Waals surface area contributed by atoms with E-state index in [9.17, 15) is 0 Å². The summed E-state index contributed by atoms with van der Waals surface area (Å²) in [7, 11) is 3.84. The van der Waals surface area contributed by atoms with Crippen molar-refractivity contribution in [2.45, 2.75) is 40.2 Å². The van der Waals surface area contributed by atoms with E-state index < -0.39 is 0 Å². The van der Waals surface area contributed by atoms with Crippen LogP contribution in [0.3, 0.4) is 0 Å². The fraction of sp³-hybridized carbons (Fsp3) is 0.600. The average Bonchev–Trinajstić information content (AvgIpc) is 2.34. The minimum atomic E-state index is -0.194. The molecule has 0 aliphatic heterocycles. The quantitative estimate of drug-likeness (QED) is 0.765. The first-order valence-corrected chi connectivity index (χ1v) is 6.56. The first-order chi connectivity index (χ1) is 8.71. The van der Waals surface area contributed by atoms with E-state index in [1.54, 1.807) is 14.2 Å². The summed E-state index contributed by atoms with van der Waals surface area (Å²) in [4.78, 5) is 0. The summed E-state index contributed by atoms with van der Waals surface area (Å²) in [6.45, 7) is 10.8. The van der Waals surface area contributed by atoms with Crippen LogP contribution >= 0.6 is 0 Å². The molecule has 0 heterocycles. The third kappa shape index (κ3) is 3.90. The monoisotopic (exact) mass is 264 g/mol. The molecule has 0 saturated heterocycles. The van der Waals surface area contributed by atoms with E-state index in [0.29, 0.717) is 7.48 Å². The molecule has 0 amide bonds. The highest BCUT2D eigenvalue weighted by Crippen LogP contribution is 2.32. The fourth-order valence-electron chi connectivity index (χ4n) is 1.45. The Bertz CT molecular complexity index is 422. The summed E-state index contributed by atoms with van der Waals surface area (Å²) in [5.74, 6) is 1.47. The number of ether oxygens (including phenoxy) is 2. The maximum atomic E-state index is 6.06. The third-order valence-electron chi connectivity index (χ3n) is 3.85. The topological polar surface area (TPSA) is 27.7 Å². The van der Waals surface area contributed by atoms with Crippen LogP contribution in [-0.2, 0) is 4.65 Å². The van der Waals surface area contributed by atoms with Crippen LogP contribution in [0.4, 0.5) is 0 Å². The zero-order valence-electron chi connectivity index (χ0n) is 13.2. The van der Waals surface area contributed by atoms with Gasteiger partial charge in [0, 0.05) is 0 Å². The standard InChI is InChI=1S/C15H25BO3/c1-14(2,3)15(4,5)19-16-11-8-9-12(17-6)13(10-11)18-7/h8-10,16H,1-7H3. The van der Waals surface area contributed by atoms with Gasteiger partial charge in [0.1, 0.15) is 0 Å². The van der Waals surface area contributed by atoms with Crippen molar-refractivity contribution in [3.8, 4) is 11.5 Å². The lowest BCUT2D eigenvalue weighted by Gasteiger charge is -2.39. The average molecular weight is 264 g/mol. The van der Waals surface area contributed by atoms with Gasteiger partial charge in [0.2, 0.25) is 0 Å². The van der Waals surface area contributed by atoms with Gasteiger partial charge in [-0.15, -0.1) is 0 Å². The lowest BCUT2D eigenvalue weighted by Crippen LogP contribution is -2.42. The van der Waals surface area contributed by atoms with Crippen molar-refractivity contribution in [2.75, 3.05) is 14.2 Å². The predicted octanol–water partition coefficient (Wildman–Crippen LogP) is 2.52. The zero-order valence-corrected chi connectivity index (χ0v) is 13.2. The van der Waals surface area contributed by atoms with Crippen LogP contribution in [0.2, 0.25) is 0 Å². The van der Waals surface area contributed by atoms with Crippen molar-refractivity contribution in [1.29, 1.82) is 0 Å². The molecule has 1 rings (SSSR count). The second-order valence-corrected chi connectivity index (χ2v) is 6.24. The van der Waals surface area contributed by atoms with E-state index >= 15 is 0 Å². The highest BCUT2D eigenvalue weighted by Gasteiger charge is 2.33. The van der Waals surface area contributed by atoms with Gasteiger partial charge in [-0.05, 0) is 36.9 Å². The number of methoxy groups -OCH3 is 2. The van der Waals surface area contributed by atoms with Gasteiger partial charge in [-0.1, -0.05) is 26.8 Å². The van der Waals surface area contributed by atoms with Crippen molar-refractivity contribution >= 4 is 12.9 Å². The van der Waals surface area contributed by atoms with Crippen LogP contribution in [0.5, 0.6) is 11.5 Å². The Morgan fingerprint density at radius 2 is 1.47 bits per heavy atom. The van der Waals surface area contributed by atoms with Crippen molar-refractivity contribution in [3.63, 3.8) is 0 Å². The number of rotatable bonds is 5. The Kier molecular flexibility index (Phi) is 4.91. The van der Waals surface area contributed by atoms with Gasteiger partial charge < -0.3 is 14.1 Å². The molecule has 4 heteroatoms. The first kappa shape index (κ1) is 15.9. The van der Waals surface area contributed by atoms with E-state index in [-0.39, 0.29) is 11.0 Å². The molecule has 0 spiro atoms. The highest BCUT2D eigenvalue weighted by molar-refractivity contribution is 6.47. The lowest BCUT2D eigenvalue weighted by molar-refractivity contribution is 0.00503. The summed E-state index contributed by atoms with van der Waals surface area (Å²) in [5, 5.41) is 0. The maximum Gasteiger partial charge on any atom is 0.309 e. The molecule has 0 saturated carbocycles. The molecule has 0 aliphatic rings. The van der Waals surface area contributed by atoms with E-state index in [4.69, 9.17) is 14.1 Å². The van der Waals surface area contributed by atoms with Crippen LogP contribution in [0.15, 0.2) is 18.2 Å². The van der Waals surface area contributed by atoms with E-state index in [0.717, 1.165) is 17.0 Å². The molecule has 1 aromatic rings. The molecule has 1 aromatic carbocycles. The molecule has 106 valence electrons. The van der Waals surface area contributed by atoms with Gasteiger partial charge in [-0.3, -0.25) is 0 Å². The van der Waals surface area contributed by atoms with Crippen LogP contribution in [0, 0.1) is 5.41 Å². The van der Waals surface area contributed by atoms with Gasteiger partial charge in [-0.25, -0.2) is 0 Å². The fourth-order valence-corrected chi connectivity index (χ4v) is 1.45. The summed E-state index contributed by atoms with van der Waals surface area (Å²) in [5.41, 5.74) is 0.971. The normalized spacial score (nSPS) is 12.2. The summed E-state index contributed by atoms with van der Waals surface area (Å²) in [6, 6.07) is 5.86. The molecule has 0 N–H and O–H groups in total. The Balaban J connectivity index is 2.79. The van der Waals surface area contributed by atoms with Crippen molar-refractivity contribution in [2.24, 2.45) is 5.41 Å². The van der Waals surface area contributed by atoms with Gasteiger partial charge in [0.15, 0.2) is 11.5 Å². The summed E-state index contributed by atoms with van der Waals surface area (Å²) >= 11 is 0. The Morgan fingerprint density at radius 1 is 0.895 bits per heavy atom. The van der Waals surface area contributed by atoms with Gasteiger partial charge in [0.05, 0.1) is 19.8 Å². The Morgan fingerprint density at radius 3 is 1.95 bits per heavy atom. The Labute approximate surface area is 117 Å². The molecule has 0 bridgehead atoms.